The lowest BCUT2D eigenvalue weighted by molar-refractivity contribution is 0.0763. The predicted octanol–water partition coefficient (Wildman–Crippen LogP) is 1.06. The van der Waals surface area contributed by atoms with E-state index in [4.69, 9.17) is 15.2 Å². The van der Waals surface area contributed by atoms with Crippen LogP contribution in [-0.2, 0) is 0 Å². The number of likely N-dealkylation sites (N-methyl/N-ethyl adjacent to an activating group) is 1. The molecule has 0 radical (unpaired) electrons. The molecular weight excluding hydrogens is 270 g/mol. The quantitative estimate of drug-likeness (QED) is 0.844. The molecule has 116 valence electrons. The summed E-state index contributed by atoms with van der Waals surface area (Å²) in [5.41, 5.74) is 6.86. The van der Waals surface area contributed by atoms with E-state index in [2.05, 4.69) is 11.9 Å². The molecule has 1 amide bonds. The van der Waals surface area contributed by atoms with Gasteiger partial charge in [0, 0.05) is 25.7 Å². The standard InChI is InChI=1S/C15H23N3O3/c1-17-5-4-6-18(8-7-17)15(19)12-9-11(20-2)10-13(21-3)14(12)16/h9-10H,4-8,16H2,1-3H3. The molecule has 6 nitrogen and oxygen atoms in total. The van der Waals surface area contributed by atoms with E-state index in [1.165, 1.54) is 7.11 Å². The molecule has 1 saturated heterocycles. The molecule has 1 heterocycles. The molecular formula is C15H23N3O3. The van der Waals surface area contributed by atoms with Gasteiger partial charge in [0.25, 0.3) is 5.91 Å². The molecule has 0 spiro atoms. The van der Waals surface area contributed by atoms with Crippen LogP contribution in [0.15, 0.2) is 12.1 Å². The van der Waals surface area contributed by atoms with Gasteiger partial charge in [-0.15, -0.1) is 0 Å². The van der Waals surface area contributed by atoms with Crippen LogP contribution in [0.2, 0.25) is 0 Å². The summed E-state index contributed by atoms with van der Waals surface area (Å²) in [5.74, 6) is 0.959. The highest BCUT2D eigenvalue weighted by Gasteiger charge is 2.23. The van der Waals surface area contributed by atoms with Crippen molar-refractivity contribution in [3.8, 4) is 11.5 Å². The normalized spacial score (nSPS) is 16.4. The van der Waals surface area contributed by atoms with Gasteiger partial charge in [0.2, 0.25) is 0 Å². The Kier molecular flexibility index (Phi) is 4.90. The van der Waals surface area contributed by atoms with Gasteiger partial charge in [-0.2, -0.15) is 0 Å². The minimum absolute atomic E-state index is 0.0694. The number of carbonyl (C=O) groups is 1. The fraction of sp³-hybridized carbons (Fsp3) is 0.533. The largest absolute Gasteiger partial charge is 0.497 e. The molecule has 21 heavy (non-hydrogen) atoms. The third-order valence-corrected chi connectivity index (χ3v) is 3.81. The van der Waals surface area contributed by atoms with Crippen molar-refractivity contribution in [3.05, 3.63) is 17.7 Å². The van der Waals surface area contributed by atoms with Crippen molar-refractivity contribution < 1.29 is 14.3 Å². The second-order valence-electron chi connectivity index (χ2n) is 5.24. The molecule has 0 saturated carbocycles. The Labute approximate surface area is 125 Å². The molecule has 0 atom stereocenters. The maximum absolute atomic E-state index is 12.7. The van der Waals surface area contributed by atoms with Crippen molar-refractivity contribution in [1.82, 2.24) is 9.80 Å². The van der Waals surface area contributed by atoms with Crippen LogP contribution < -0.4 is 15.2 Å². The predicted molar refractivity (Wildman–Crippen MR) is 82.0 cm³/mol. The Hall–Kier alpha value is -1.95. The van der Waals surface area contributed by atoms with Crippen molar-refractivity contribution in [2.24, 2.45) is 0 Å². The van der Waals surface area contributed by atoms with Crippen LogP contribution >= 0.6 is 0 Å². The number of anilines is 1. The molecule has 1 fully saturated rings. The SMILES string of the molecule is COc1cc(OC)c(N)c(C(=O)N2CCCN(C)CC2)c1. The number of hydrogen-bond donors (Lipinski definition) is 1. The van der Waals surface area contributed by atoms with Gasteiger partial charge in [-0.05, 0) is 26.1 Å². The van der Waals surface area contributed by atoms with Gasteiger partial charge in [-0.1, -0.05) is 0 Å². The van der Waals surface area contributed by atoms with Crippen LogP contribution in [0.5, 0.6) is 11.5 Å². The Morgan fingerprint density at radius 1 is 1.14 bits per heavy atom. The molecule has 0 aromatic heterocycles. The second-order valence-corrected chi connectivity index (χ2v) is 5.24. The van der Waals surface area contributed by atoms with Gasteiger partial charge in [0.15, 0.2) is 0 Å². The van der Waals surface area contributed by atoms with Gasteiger partial charge in [0.1, 0.15) is 11.5 Å². The number of nitrogens with two attached hydrogens (primary N) is 1. The van der Waals surface area contributed by atoms with Crippen LogP contribution in [-0.4, -0.2) is 63.2 Å². The molecule has 1 aliphatic heterocycles. The zero-order valence-electron chi connectivity index (χ0n) is 12.9. The summed E-state index contributed by atoms with van der Waals surface area (Å²) in [7, 11) is 5.15. The summed E-state index contributed by atoms with van der Waals surface area (Å²) < 4.78 is 10.4. The Bertz CT molecular complexity index is 519. The fourth-order valence-corrected chi connectivity index (χ4v) is 2.48. The van der Waals surface area contributed by atoms with Crippen LogP contribution in [0.25, 0.3) is 0 Å². The Balaban J connectivity index is 2.29. The maximum Gasteiger partial charge on any atom is 0.256 e. The molecule has 2 N–H and O–H groups in total. The van der Waals surface area contributed by atoms with Crippen LogP contribution in [0.4, 0.5) is 5.69 Å². The van der Waals surface area contributed by atoms with Gasteiger partial charge in [-0.25, -0.2) is 0 Å². The lowest BCUT2D eigenvalue weighted by Crippen LogP contribution is -2.35. The first kappa shape index (κ1) is 15.4. The summed E-state index contributed by atoms with van der Waals surface area (Å²) >= 11 is 0. The van der Waals surface area contributed by atoms with Gasteiger partial charge in [0.05, 0.1) is 25.5 Å². The van der Waals surface area contributed by atoms with E-state index in [9.17, 15) is 4.79 Å². The summed E-state index contributed by atoms with van der Waals surface area (Å²) in [6.07, 6.45) is 0.962. The number of hydrogen-bond acceptors (Lipinski definition) is 5. The van der Waals surface area contributed by atoms with E-state index >= 15 is 0 Å². The van der Waals surface area contributed by atoms with Gasteiger partial charge < -0.3 is 25.0 Å². The third-order valence-electron chi connectivity index (χ3n) is 3.81. The first-order valence-corrected chi connectivity index (χ1v) is 7.06. The first-order valence-electron chi connectivity index (χ1n) is 7.06. The number of nitrogens with zero attached hydrogens (tertiary/aromatic N) is 2. The zero-order valence-corrected chi connectivity index (χ0v) is 12.9. The van der Waals surface area contributed by atoms with Crippen LogP contribution in [0.3, 0.4) is 0 Å². The van der Waals surface area contributed by atoms with Gasteiger partial charge >= 0.3 is 0 Å². The smallest absolute Gasteiger partial charge is 0.256 e. The van der Waals surface area contributed by atoms with Crippen molar-refractivity contribution >= 4 is 11.6 Å². The molecule has 1 aromatic rings. The molecule has 6 heteroatoms. The van der Waals surface area contributed by atoms with E-state index in [-0.39, 0.29) is 5.91 Å². The monoisotopic (exact) mass is 293 g/mol. The average molecular weight is 293 g/mol. The second kappa shape index (κ2) is 6.67. The van der Waals surface area contributed by atoms with Crippen LogP contribution in [0.1, 0.15) is 16.8 Å². The molecule has 0 bridgehead atoms. The molecule has 0 aliphatic carbocycles. The summed E-state index contributed by atoms with van der Waals surface area (Å²) in [5, 5.41) is 0. The molecule has 1 aromatic carbocycles. The average Bonchev–Trinajstić information content (AvgIpc) is 2.71. The zero-order chi connectivity index (χ0) is 15.4. The Morgan fingerprint density at radius 2 is 1.90 bits per heavy atom. The lowest BCUT2D eigenvalue weighted by atomic mass is 10.1. The summed E-state index contributed by atoms with van der Waals surface area (Å²) in [4.78, 5) is 16.8. The molecule has 0 unspecified atom stereocenters. The van der Waals surface area contributed by atoms with Crippen molar-refractivity contribution in [2.45, 2.75) is 6.42 Å². The molecule has 1 aliphatic rings. The topological polar surface area (TPSA) is 68.0 Å². The number of nitrogen functional groups attached to an aromatic ring is 1. The number of rotatable bonds is 3. The minimum Gasteiger partial charge on any atom is -0.497 e. The number of ether oxygens (including phenoxy) is 2. The van der Waals surface area contributed by atoms with E-state index < -0.39 is 0 Å². The Morgan fingerprint density at radius 3 is 2.57 bits per heavy atom. The lowest BCUT2D eigenvalue weighted by Gasteiger charge is -2.22. The highest BCUT2D eigenvalue weighted by Crippen LogP contribution is 2.32. The fourth-order valence-electron chi connectivity index (χ4n) is 2.48. The number of benzene rings is 1. The summed E-state index contributed by atoms with van der Waals surface area (Å²) in [6.45, 7) is 3.31. The number of carbonyl (C=O) groups excluding carboxylic acids is 1. The maximum atomic E-state index is 12.7. The van der Waals surface area contributed by atoms with Crippen molar-refractivity contribution in [1.29, 1.82) is 0 Å². The molecule has 2 rings (SSSR count). The third kappa shape index (κ3) is 3.39. The first-order chi connectivity index (χ1) is 10.1. The summed E-state index contributed by atoms with van der Waals surface area (Å²) in [6, 6.07) is 3.36. The van der Waals surface area contributed by atoms with E-state index in [1.54, 1.807) is 19.2 Å². The van der Waals surface area contributed by atoms with E-state index in [0.29, 0.717) is 29.3 Å². The highest BCUT2D eigenvalue weighted by molar-refractivity contribution is 6.01. The van der Waals surface area contributed by atoms with Crippen molar-refractivity contribution in [2.75, 3.05) is 53.2 Å². The number of methoxy groups -OCH3 is 2. The van der Waals surface area contributed by atoms with Crippen molar-refractivity contribution in [3.63, 3.8) is 0 Å². The van der Waals surface area contributed by atoms with Crippen LogP contribution in [0, 0.1) is 0 Å². The van der Waals surface area contributed by atoms with E-state index in [0.717, 1.165) is 26.1 Å². The number of amides is 1. The van der Waals surface area contributed by atoms with Gasteiger partial charge in [-0.3, -0.25) is 4.79 Å². The van der Waals surface area contributed by atoms with E-state index in [1.807, 2.05) is 4.90 Å². The minimum atomic E-state index is -0.0694. The highest BCUT2D eigenvalue weighted by atomic mass is 16.5.